The second-order valence-corrected chi connectivity index (χ2v) is 19.0. The number of aliphatic hydroxyl groups is 1. The van der Waals surface area contributed by atoms with Gasteiger partial charge in [0.25, 0.3) is 0 Å². The maximum atomic E-state index is 12.2. The first-order valence-electron chi connectivity index (χ1n) is 27.6. The van der Waals surface area contributed by atoms with E-state index in [2.05, 4.69) is 13.8 Å². The molecule has 0 radical (unpaired) electrons. The average Bonchev–Trinajstić information content (AvgIpc) is 3.25. The van der Waals surface area contributed by atoms with Crippen LogP contribution < -0.4 is 0 Å². The zero-order valence-corrected chi connectivity index (χ0v) is 41.0. The minimum absolute atomic E-state index is 0.0573. The molecule has 0 spiro atoms. The number of carbonyl (C=O) groups is 2. The van der Waals surface area contributed by atoms with Gasteiger partial charge in [0.15, 0.2) is 6.10 Å². The molecule has 0 bridgehead atoms. The standard InChI is InChI=1S/C55H108O5/c1-3-5-7-9-11-13-14-15-16-17-18-19-20-21-22-23-24-25-26-27-28-29-30-31-32-33-34-35-36-37-38-39-40-42-44-46-48-50-55(58)60-53(51-56)52-59-54(57)49-47-45-43-41-12-10-8-6-4-2/h53,56H,3-52H2,1-2H3. The van der Waals surface area contributed by atoms with Crippen LogP contribution in [0.3, 0.4) is 0 Å². The van der Waals surface area contributed by atoms with Gasteiger partial charge in [0.2, 0.25) is 0 Å². The molecule has 0 aliphatic carbocycles. The third-order valence-electron chi connectivity index (χ3n) is 12.9. The molecule has 0 aliphatic rings. The predicted molar refractivity (Wildman–Crippen MR) is 261 cm³/mol. The molecule has 1 unspecified atom stereocenters. The fourth-order valence-corrected chi connectivity index (χ4v) is 8.74. The van der Waals surface area contributed by atoms with E-state index in [1.807, 2.05) is 0 Å². The van der Waals surface area contributed by atoms with Crippen molar-refractivity contribution >= 4 is 11.9 Å². The van der Waals surface area contributed by atoms with Gasteiger partial charge in [0.1, 0.15) is 6.61 Å². The third-order valence-corrected chi connectivity index (χ3v) is 12.9. The van der Waals surface area contributed by atoms with Crippen LogP contribution >= 0.6 is 0 Å². The van der Waals surface area contributed by atoms with Gasteiger partial charge in [-0.15, -0.1) is 0 Å². The quantitative estimate of drug-likeness (QED) is 0.0488. The Bertz CT molecular complexity index is 830. The van der Waals surface area contributed by atoms with Gasteiger partial charge in [0.05, 0.1) is 6.61 Å². The van der Waals surface area contributed by atoms with E-state index in [0.717, 1.165) is 38.5 Å². The first-order chi connectivity index (χ1) is 29.6. The smallest absolute Gasteiger partial charge is 0.306 e. The van der Waals surface area contributed by atoms with Crippen LogP contribution in [0, 0.1) is 0 Å². The third kappa shape index (κ3) is 49.6. The molecule has 0 aromatic carbocycles. The van der Waals surface area contributed by atoms with E-state index in [0.29, 0.717) is 12.8 Å². The number of carbonyl (C=O) groups excluding carboxylic acids is 2. The molecular weight excluding hydrogens is 741 g/mol. The molecule has 0 fully saturated rings. The van der Waals surface area contributed by atoms with Crippen molar-refractivity contribution in [2.45, 2.75) is 328 Å². The van der Waals surface area contributed by atoms with Gasteiger partial charge in [0, 0.05) is 12.8 Å². The lowest BCUT2D eigenvalue weighted by atomic mass is 10.0. The molecule has 0 aromatic rings. The fourth-order valence-electron chi connectivity index (χ4n) is 8.74. The maximum absolute atomic E-state index is 12.2. The number of unbranched alkanes of at least 4 members (excludes halogenated alkanes) is 44. The molecule has 0 amide bonds. The van der Waals surface area contributed by atoms with Crippen molar-refractivity contribution < 1.29 is 24.2 Å². The summed E-state index contributed by atoms with van der Waals surface area (Å²) in [5.74, 6) is -0.574. The Morgan fingerprint density at radius 2 is 0.517 bits per heavy atom. The lowest BCUT2D eigenvalue weighted by Gasteiger charge is -2.15. The highest BCUT2D eigenvalue weighted by molar-refractivity contribution is 5.70. The highest BCUT2D eigenvalue weighted by Gasteiger charge is 2.16. The summed E-state index contributed by atoms with van der Waals surface area (Å²) in [5, 5.41) is 9.57. The molecule has 0 aromatic heterocycles. The normalized spacial score (nSPS) is 12.0. The van der Waals surface area contributed by atoms with Gasteiger partial charge >= 0.3 is 11.9 Å². The molecule has 5 nitrogen and oxygen atoms in total. The Morgan fingerprint density at radius 1 is 0.317 bits per heavy atom. The van der Waals surface area contributed by atoms with Crippen LogP contribution in [0.15, 0.2) is 0 Å². The summed E-state index contributed by atoms with van der Waals surface area (Å²) in [7, 11) is 0. The molecule has 0 rings (SSSR count). The van der Waals surface area contributed by atoms with Gasteiger partial charge in [-0.25, -0.2) is 0 Å². The van der Waals surface area contributed by atoms with E-state index in [1.54, 1.807) is 0 Å². The average molecular weight is 849 g/mol. The van der Waals surface area contributed by atoms with Crippen LogP contribution in [0.5, 0.6) is 0 Å². The summed E-state index contributed by atoms with van der Waals surface area (Å²) in [6.07, 6.45) is 62.6. The minimum atomic E-state index is -0.762. The molecule has 1 atom stereocenters. The molecule has 5 heteroatoms. The summed E-state index contributed by atoms with van der Waals surface area (Å²) in [4.78, 5) is 24.3. The summed E-state index contributed by atoms with van der Waals surface area (Å²) in [6.45, 7) is 4.16. The second-order valence-electron chi connectivity index (χ2n) is 19.0. The molecule has 60 heavy (non-hydrogen) atoms. The van der Waals surface area contributed by atoms with Crippen LogP contribution in [-0.4, -0.2) is 36.4 Å². The summed E-state index contributed by atoms with van der Waals surface area (Å²) < 4.78 is 10.6. The fraction of sp³-hybridized carbons (Fsp3) is 0.964. The summed E-state index contributed by atoms with van der Waals surface area (Å²) in [6, 6.07) is 0. The van der Waals surface area contributed by atoms with E-state index in [9.17, 15) is 14.7 Å². The Hall–Kier alpha value is -1.10. The van der Waals surface area contributed by atoms with Crippen LogP contribution in [0.2, 0.25) is 0 Å². The van der Waals surface area contributed by atoms with Gasteiger partial charge in [-0.05, 0) is 12.8 Å². The maximum Gasteiger partial charge on any atom is 0.306 e. The Balaban J connectivity index is 3.29. The van der Waals surface area contributed by atoms with Crippen LogP contribution in [-0.2, 0) is 19.1 Å². The van der Waals surface area contributed by atoms with Crippen molar-refractivity contribution in [3.63, 3.8) is 0 Å². The summed E-state index contributed by atoms with van der Waals surface area (Å²) >= 11 is 0. The first-order valence-corrected chi connectivity index (χ1v) is 27.6. The lowest BCUT2D eigenvalue weighted by molar-refractivity contribution is -0.161. The van der Waals surface area contributed by atoms with Gasteiger partial charge in [-0.1, -0.05) is 296 Å². The van der Waals surface area contributed by atoms with E-state index >= 15 is 0 Å². The van der Waals surface area contributed by atoms with Gasteiger partial charge in [-0.3, -0.25) is 9.59 Å². The van der Waals surface area contributed by atoms with Crippen molar-refractivity contribution in [1.29, 1.82) is 0 Å². The van der Waals surface area contributed by atoms with E-state index in [4.69, 9.17) is 9.47 Å². The molecular formula is C55H108O5. The topological polar surface area (TPSA) is 72.8 Å². The lowest BCUT2D eigenvalue weighted by Crippen LogP contribution is -2.28. The number of hydrogen-bond donors (Lipinski definition) is 1. The van der Waals surface area contributed by atoms with Crippen molar-refractivity contribution in [1.82, 2.24) is 0 Å². The van der Waals surface area contributed by atoms with Crippen molar-refractivity contribution in [2.24, 2.45) is 0 Å². The van der Waals surface area contributed by atoms with Crippen LogP contribution in [0.1, 0.15) is 322 Å². The predicted octanol–water partition coefficient (Wildman–Crippen LogP) is 18.2. The minimum Gasteiger partial charge on any atom is -0.462 e. The van der Waals surface area contributed by atoms with Crippen molar-refractivity contribution in [3.05, 3.63) is 0 Å². The number of hydrogen-bond acceptors (Lipinski definition) is 5. The molecule has 0 heterocycles. The van der Waals surface area contributed by atoms with E-state index in [1.165, 1.54) is 257 Å². The van der Waals surface area contributed by atoms with Crippen molar-refractivity contribution in [3.8, 4) is 0 Å². The molecule has 0 saturated carbocycles. The van der Waals surface area contributed by atoms with Gasteiger partial charge in [-0.2, -0.15) is 0 Å². The largest absolute Gasteiger partial charge is 0.462 e. The van der Waals surface area contributed by atoms with E-state index in [-0.39, 0.29) is 25.2 Å². The highest BCUT2D eigenvalue weighted by atomic mass is 16.6. The Labute approximate surface area is 376 Å². The number of aliphatic hydroxyl groups excluding tert-OH is 1. The van der Waals surface area contributed by atoms with E-state index < -0.39 is 6.10 Å². The highest BCUT2D eigenvalue weighted by Crippen LogP contribution is 2.18. The van der Waals surface area contributed by atoms with Crippen LogP contribution in [0.25, 0.3) is 0 Å². The summed E-state index contributed by atoms with van der Waals surface area (Å²) in [5.41, 5.74) is 0. The molecule has 1 N–H and O–H groups in total. The van der Waals surface area contributed by atoms with Crippen LogP contribution in [0.4, 0.5) is 0 Å². The van der Waals surface area contributed by atoms with Crippen molar-refractivity contribution in [2.75, 3.05) is 13.2 Å². The number of ether oxygens (including phenoxy) is 2. The SMILES string of the molecule is CCCCCCCCCCCCCCCCCCCCCCCCCCCCCCCCCCCCCCCC(=O)OC(CO)COC(=O)CCCCCCCCCCC. The molecule has 0 aliphatic heterocycles. The van der Waals surface area contributed by atoms with Gasteiger partial charge < -0.3 is 14.6 Å². The molecule has 0 saturated heterocycles. The number of esters is 2. The Kier molecular flexibility index (Phi) is 51.3. The number of rotatable bonds is 52. The zero-order chi connectivity index (χ0) is 43.5. The molecule has 358 valence electrons. The zero-order valence-electron chi connectivity index (χ0n) is 41.0. The Morgan fingerprint density at radius 3 is 0.733 bits per heavy atom. The first kappa shape index (κ1) is 58.9. The second kappa shape index (κ2) is 52.2. The monoisotopic (exact) mass is 849 g/mol.